The Kier molecular flexibility index (Phi) is 4.92. The van der Waals surface area contributed by atoms with Crippen molar-refractivity contribution in [2.45, 2.75) is 45.3 Å². The van der Waals surface area contributed by atoms with Crippen molar-refractivity contribution in [2.24, 2.45) is 16.0 Å². The van der Waals surface area contributed by atoms with E-state index in [1.807, 2.05) is 18.2 Å². The topological polar surface area (TPSA) is 61.8 Å². The number of rotatable bonds is 3. The molecule has 1 aliphatic carbocycles. The van der Waals surface area contributed by atoms with Crippen LogP contribution in [0, 0.1) is 12.8 Å². The molecular weight excluding hydrogens is 384 g/mol. The van der Waals surface area contributed by atoms with Crippen LogP contribution in [0.5, 0.6) is 5.75 Å². The second-order valence-corrected chi connectivity index (χ2v) is 8.44. The first kappa shape index (κ1) is 18.5. The van der Waals surface area contributed by atoms with Crippen molar-refractivity contribution in [3.63, 3.8) is 0 Å². The summed E-state index contributed by atoms with van der Waals surface area (Å²) in [6, 6.07) is 8.25. The normalized spacial score (nSPS) is 23.2. The summed E-state index contributed by atoms with van der Waals surface area (Å²) >= 11 is 6.26. The Morgan fingerprint density at radius 2 is 1.97 bits per heavy atom. The molecule has 2 N–H and O–H groups in total. The minimum absolute atomic E-state index is 0.275. The number of allylic oxidation sites excluding steroid dienone is 1. The molecule has 29 heavy (non-hydrogen) atoms. The zero-order valence-corrected chi connectivity index (χ0v) is 17.3. The highest BCUT2D eigenvalue weighted by molar-refractivity contribution is 6.34. The maximum atomic E-state index is 6.28. The van der Waals surface area contributed by atoms with Gasteiger partial charge < -0.3 is 15.1 Å². The monoisotopic (exact) mass is 408 g/mol. The van der Waals surface area contributed by atoms with Crippen molar-refractivity contribution < 1.29 is 4.74 Å². The van der Waals surface area contributed by atoms with E-state index in [4.69, 9.17) is 26.4 Å². The summed E-state index contributed by atoms with van der Waals surface area (Å²) in [7, 11) is 0. The summed E-state index contributed by atoms with van der Waals surface area (Å²) in [6.07, 6.45) is 8.40. The average molecular weight is 409 g/mol. The van der Waals surface area contributed by atoms with E-state index in [-0.39, 0.29) is 6.10 Å². The molecule has 3 aliphatic rings. The average Bonchev–Trinajstić information content (AvgIpc) is 2.96. The number of aryl methyl sites for hydroxylation is 1. The number of fused-ring (bicyclic) bond motifs is 3. The SMILES string of the molecule is Cc1ccccc1OC1CCC(C2=NNCc3c2[nH]c2c3=NCC=C(Cl)C=2)CC1. The van der Waals surface area contributed by atoms with Gasteiger partial charge in [0.15, 0.2) is 0 Å². The van der Waals surface area contributed by atoms with E-state index in [1.165, 1.54) is 11.1 Å². The molecule has 1 aromatic heterocycles. The van der Waals surface area contributed by atoms with E-state index < -0.39 is 0 Å². The highest BCUT2D eigenvalue weighted by atomic mass is 35.5. The van der Waals surface area contributed by atoms with Gasteiger partial charge in [0, 0.05) is 16.5 Å². The van der Waals surface area contributed by atoms with Crippen LogP contribution < -0.4 is 20.9 Å². The van der Waals surface area contributed by atoms with Crippen molar-refractivity contribution in [3.05, 3.63) is 62.9 Å². The van der Waals surface area contributed by atoms with E-state index in [0.29, 0.717) is 19.0 Å². The molecule has 1 aromatic carbocycles. The number of ether oxygens (including phenoxy) is 1. The van der Waals surface area contributed by atoms with Crippen molar-refractivity contribution in [2.75, 3.05) is 6.54 Å². The van der Waals surface area contributed by atoms with Crippen LogP contribution >= 0.6 is 11.6 Å². The molecule has 0 spiro atoms. The third kappa shape index (κ3) is 3.60. The minimum Gasteiger partial charge on any atom is -0.490 e. The number of benzene rings is 1. The molecule has 5 rings (SSSR count). The molecule has 5 nitrogen and oxygen atoms in total. The van der Waals surface area contributed by atoms with E-state index in [9.17, 15) is 0 Å². The van der Waals surface area contributed by atoms with Crippen molar-refractivity contribution in [3.8, 4) is 5.75 Å². The van der Waals surface area contributed by atoms with Crippen LogP contribution in [0.15, 0.2) is 45.5 Å². The van der Waals surface area contributed by atoms with Gasteiger partial charge in [0.1, 0.15) is 5.75 Å². The summed E-state index contributed by atoms with van der Waals surface area (Å²) in [5.41, 5.74) is 7.88. The smallest absolute Gasteiger partial charge is 0.122 e. The van der Waals surface area contributed by atoms with Gasteiger partial charge in [0.2, 0.25) is 0 Å². The van der Waals surface area contributed by atoms with Crippen molar-refractivity contribution in [1.29, 1.82) is 0 Å². The molecule has 0 saturated heterocycles. The van der Waals surface area contributed by atoms with E-state index >= 15 is 0 Å². The molecule has 1 saturated carbocycles. The molecule has 150 valence electrons. The fourth-order valence-corrected chi connectivity index (χ4v) is 4.70. The zero-order chi connectivity index (χ0) is 19.8. The molecule has 0 unspecified atom stereocenters. The number of hydrazone groups is 1. The molecule has 6 heteroatoms. The lowest BCUT2D eigenvalue weighted by atomic mass is 9.82. The fraction of sp³-hybridized carbons (Fsp3) is 0.391. The third-order valence-electron chi connectivity index (χ3n) is 6.08. The first-order valence-electron chi connectivity index (χ1n) is 10.3. The molecule has 2 aromatic rings. The lowest BCUT2D eigenvalue weighted by molar-refractivity contribution is 0.143. The van der Waals surface area contributed by atoms with Gasteiger partial charge in [0.05, 0.1) is 41.3 Å². The second kappa shape index (κ2) is 7.71. The molecule has 2 aliphatic heterocycles. The van der Waals surface area contributed by atoms with Crippen LogP contribution in [0.25, 0.3) is 6.08 Å². The van der Waals surface area contributed by atoms with Crippen LogP contribution in [0.1, 0.15) is 42.5 Å². The Morgan fingerprint density at radius 3 is 2.79 bits per heavy atom. The molecular formula is C23H25ClN4O. The first-order chi connectivity index (χ1) is 14.2. The van der Waals surface area contributed by atoms with E-state index in [1.54, 1.807) is 0 Å². The maximum absolute atomic E-state index is 6.28. The number of H-pyrrole nitrogens is 1. The number of nitrogens with zero attached hydrogens (tertiary/aromatic N) is 2. The number of aromatic amines is 1. The van der Waals surface area contributed by atoms with Crippen LogP contribution in [0.2, 0.25) is 0 Å². The first-order valence-corrected chi connectivity index (χ1v) is 10.7. The lowest BCUT2D eigenvalue weighted by Crippen LogP contribution is -2.33. The standard InChI is InChI=1S/C23H25ClN4O/c1-14-4-2-3-5-20(14)29-17-8-6-15(7-9-17)21-23-18(13-26-28-21)22-19(27-23)12-16(24)10-11-25-22/h2-5,10,12,15,17,26-27H,6-9,11,13H2,1H3. The van der Waals surface area contributed by atoms with Gasteiger partial charge in [-0.1, -0.05) is 29.8 Å². The maximum Gasteiger partial charge on any atom is 0.122 e. The molecule has 3 heterocycles. The number of hydrogen-bond acceptors (Lipinski definition) is 4. The predicted octanol–water partition coefficient (Wildman–Crippen LogP) is 3.30. The second-order valence-electron chi connectivity index (χ2n) is 8.00. The summed E-state index contributed by atoms with van der Waals surface area (Å²) in [5, 5.41) is 7.43. The van der Waals surface area contributed by atoms with E-state index in [2.05, 4.69) is 35.5 Å². The van der Waals surface area contributed by atoms with Gasteiger partial charge in [-0.3, -0.25) is 4.99 Å². The van der Waals surface area contributed by atoms with E-state index in [0.717, 1.165) is 58.6 Å². The largest absolute Gasteiger partial charge is 0.490 e. The Labute approximate surface area is 175 Å². The highest BCUT2D eigenvalue weighted by Gasteiger charge is 2.31. The van der Waals surface area contributed by atoms with Gasteiger partial charge in [0.25, 0.3) is 0 Å². The van der Waals surface area contributed by atoms with Crippen LogP contribution in [0.4, 0.5) is 0 Å². The quantitative estimate of drug-likeness (QED) is 0.818. The zero-order valence-electron chi connectivity index (χ0n) is 16.5. The van der Waals surface area contributed by atoms with Crippen LogP contribution in [0.3, 0.4) is 0 Å². The number of halogens is 1. The molecule has 0 bridgehead atoms. The summed E-state index contributed by atoms with van der Waals surface area (Å²) in [4.78, 5) is 8.27. The number of aromatic nitrogens is 1. The summed E-state index contributed by atoms with van der Waals surface area (Å²) in [5.74, 6) is 1.43. The van der Waals surface area contributed by atoms with Gasteiger partial charge in [-0.25, -0.2) is 0 Å². The van der Waals surface area contributed by atoms with Gasteiger partial charge >= 0.3 is 0 Å². The number of hydrogen-bond donors (Lipinski definition) is 2. The number of nitrogens with one attached hydrogen (secondary N) is 2. The fourth-order valence-electron chi connectivity index (χ4n) is 4.52. The van der Waals surface area contributed by atoms with Crippen molar-refractivity contribution in [1.82, 2.24) is 10.4 Å². The predicted molar refractivity (Wildman–Crippen MR) is 116 cm³/mol. The highest BCUT2D eigenvalue weighted by Crippen LogP contribution is 2.31. The summed E-state index contributed by atoms with van der Waals surface area (Å²) < 4.78 is 6.28. The van der Waals surface area contributed by atoms with Gasteiger partial charge in [-0.15, -0.1) is 0 Å². The lowest BCUT2D eigenvalue weighted by Gasteiger charge is -2.31. The molecule has 0 atom stereocenters. The molecule has 1 fully saturated rings. The number of para-hydroxylation sites is 1. The van der Waals surface area contributed by atoms with Crippen molar-refractivity contribution >= 4 is 23.4 Å². The van der Waals surface area contributed by atoms with Crippen LogP contribution in [-0.2, 0) is 6.54 Å². The summed E-state index contributed by atoms with van der Waals surface area (Å²) in [6.45, 7) is 3.41. The Hall–Kier alpha value is -2.53. The van der Waals surface area contributed by atoms with Crippen LogP contribution in [-0.4, -0.2) is 23.3 Å². The van der Waals surface area contributed by atoms with Gasteiger partial charge in [-0.2, -0.15) is 5.10 Å². The minimum atomic E-state index is 0.275. The molecule has 0 amide bonds. The Balaban J connectivity index is 1.34. The Morgan fingerprint density at radius 1 is 1.14 bits per heavy atom. The Bertz CT molecular complexity index is 1110. The molecule has 0 radical (unpaired) electrons. The van der Waals surface area contributed by atoms with Gasteiger partial charge in [-0.05, 0) is 56.4 Å². The third-order valence-corrected chi connectivity index (χ3v) is 6.34.